The Bertz CT molecular complexity index is 1090. The summed E-state index contributed by atoms with van der Waals surface area (Å²) in [4.78, 5) is 17.7. The molecule has 2 N–H and O–H groups in total. The molecule has 1 aliphatic heterocycles. The van der Waals surface area contributed by atoms with E-state index in [0.29, 0.717) is 5.69 Å². The molecule has 2 aromatic carbocycles. The first-order valence-electron chi connectivity index (χ1n) is 11.1. The summed E-state index contributed by atoms with van der Waals surface area (Å²) in [6, 6.07) is 12.1. The number of piperazine rings is 1. The second-order valence-corrected chi connectivity index (χ2v) is 10.8. The molecule has 33 heavy (non-hydrogen) atoms. The minimum atomic E-state index is -3.89. The van der Waals surface area contributed by atoms with Crippen LogP contribution in [0.2, 0.25) is 0 Å². The summed E-state index contributed by atoms with van der Waals surface area (Å²) in [5, 5.41) is 2.96. The predicted molar refractivity (Wildman–Crippen MR) is 132 cm³/mol. The number of hydrogen-bond donors (Lipinski definition) is 2. The van der Waals surface area contributed by atoms with Gasteiger partial charge in [-0.05, 0) is 57.6 Å². The van der Waals surface area contributed by atoms with Crippen molar-refractivity contribution < 1.29 is 17.9 Å². The molecule has 1 amide bonds. The maximum atomic E-state index is 13.1. The van der Waals surface area contributed by atoms with Crippen molar-refractivity contribution in [2.75, 3.05) is 50.1 Å². The standard InChI is InChI=1S/C24H34N4O4S/c1-6-27-13-15-28(16-14-27)20-10-8-7-9-19(20)25-23(29)18-11-12-21(32-5)22(17-18)33(30,31)26-24(2,3)4/h7-12,17,26H,6,13-16H2,1-5H3,(H,25,29). The first-order chi connectivity index (χ1) is 15.5. The van der Waals surface area contributed by atoms with Crippen molar-refractivity contribution in [3.63, 3.8) is 0 Å². The molecule has 0 saturated carbocycles. The second kappa shape index (κ2) is 10.1. The summed E-state index contributed by atoms with van der Waals surface area (Å²) >= 11 is 0. The number of methoxy groups -OCH3 is 1. The van der Waals surface area contributed by atoms with Crippen molar-refractivity contribution in [2.24, 2.45) is 0 Å². The molecule has 0 aromatic heterocycles. The molecule has 1 fully saturated rings. The highest BCUT2D eigenvalue weighted by Crippen LogP contribution is 2.29. The van der Waals surface area contributed by atoms with Crippen molar-refractivity contribution >= 4 is 27.3 Å². The molecule has 0 spiro atoms. The van der Waals surface area contributed by atoms with Gasteiger partial charge in [-0.1, -0.05) is 19.1 Å². The summed E-state index contributed by atoms with van der Waals surface area (Å²) in [7, 11) is -2.49. The molecule has 0 unspecified atom stereocenters. The van der Waals surface area contributed by atoms with Crippen molar-refractivity contribution in [1.29, 1.82) is 0 Å². The van der Waals surface area contributed by atoms with E-state index in [1.165, 1.54) is 19.2 Å². The van der Waals surface area contributed by atoms with Gasteiger partial charge in [-0.3, -0.25) is 4.79 Å². The van der Waals surface area contributed by atoms with Gasteiger partial charge in [-0.25, -0.2) is 13.1 Å². The third kappa shape index (κ3) is 6.25. The second-order valence-electron chi connectivity index (χ2n) is 9.11. The van der Waals surface area contributed by atoms with E-state index in [1.54, 1.807) is 26.8 Å². The number of anilines is 2. The van der Waals surface area contributed by atoms with Gasteiger partial charge in [0.2, 0.25) is 10.0 Å². The molecule has 0 radical (unpaired) electrons. The number of likely N-dealkylation sites (N-methyl/N-ethyl adjacent to an activating group) is 1. The van der Waals surface area contributed by atoms with Gasteiger partial charge in [-0.2, -0.15) is 0 Å². The first-order valence-corrected chi connectivity index (χ1v) is 12.6. The Labute approximate surface area is 197 Å². The van der Waals surface area contributed by atoms with Crippen LogP contribution in [0.5, 0.6) is 5.75 Å². The Morgan fingerprint density at radius 3 is 2.33 bits per heavy atom. The molecular weight excluding hydrogens is 440 g/mol. The number of hydrogen-bond acceptors (Lipinski definition) is 6. The Morgan fingerprint density at radius 1 is 1.06 bits per heavy atom. The van der Waals surface area contributed by atoms with Gasteiger partial charge >= 0.3 is 0 Å². The van der Waals surface area contributed by atoms with E-state index in [4.69, 9.17) is 4.74 Å². The zero-order chi connectivity index (χ0) is 24.2. The van der Waals surface area contributed by atoms with Gasteiger partial charge in [0.05, 0.1) is 18.5 Å². The minimum absolute atomic E-state index is 0.0726. The van der Waals surface area contributed by atoms with Crippen LogP contribution in [0.3, 0.4) is 0 Å². The van der Waals surface area contributed by atoms with Crippen LogP contribution in [0.25, 0.3) is 0 Å². The molecular formula is C24H34N4O4S. The topological polar surface area (TPSA) is 91.0 Å². The lowest BCUT2D eigenvalue weighted by Gasteiger charge is -2.36. The zero-order valence-corrected chi connectivity index (χ0v) is 20.8. The Kier molecular flexibility index (Phi) is 7.66. The summed E-state index contributed by atoms with van der Waals surface area (Å²) in [6.45, 7) is 12.1. The van der Waals surface area contributed by atoms with E-state index < -0.39 is 15.6 Å². The van der Waals surface area contributed by atoms with Crippen molar-refractivity contribution in [1.82, 2.24) is 9.62 Å². The number of nitrogens with zero attached hydrogens (tertiary/aromatic N) is 2. The van der Waals surface area contributed by atoms with Crippen LogP contribution in [0.4, 0.5) is 11.4 Å². The van der Waals surface area contributed by atoms with E-state index >= 15 is 0 Å². The first kappa shape index (κ1) is 25.0. The third-order valence-electron chi connectivity index (χ3n) is 5.47. The Hall–Kier alpha value is -2.62. The van der Waals surface area contributed by atoms with Gasteiger partial charge in [0, 0.05) is 37.3 Å². The van der Waals surface area contributed by atoms with Crippen LogP contribution in [0.15, 0.2) is 47.4 Å². The fraction of sp³-hybridized carbons (Fsp3) is 0.458. The maximum Gasteiger partial charge on any atom is 0.255 e. The lowest BCUT2D eigenvalue weighted by atomic mass is 10.1. The van der Waals surface area contributed by atoms with Crippen molar-refractivity contribution in [3.05, 3.63) is 48.0 Å². The Morgan fingerprint density at radius 2 is 1.73 bits per heavy atom. The lowest BCUT2D eigenvalue weighted by Crippen LogP contribution is -2.46. The van der Waals surface area contributed by atoms with E-state index in [-0.39, 0.29) is 22.1 Å². The summed E-state index contributed by atoms with van der Waals surface area (Å²) in [5.74, 6) is -0.206. The van der Waals surface area contributed by atoms with Gasteiger partial charge in [0.15, 0.2) is 0 Å². The number of carbonyl (C=O) groups is 1. The molecule has 3 rings (SSSR count). The highest BCUT2D eigenvalue weighted by Gasteiger charge is 2.27. The molecule has 1 heterocycles. The molecule has 0 aliphatic carbocycles. The molecule has 1 saturated heterocycles. The number of para-hydroxylation sites is 2. The van der Waals surface area contributed by atoms with Crippen LogP contribution in [0.1, 0.15) is 38.1 Å². The molecule has 9 heteroatoms. The van der Waals surface area contributed by atoms with Crippen LogP contribution >= 0.6 is 0 Å². The van der Waals surface area contributed by atoms with Crippen LogP contribution < -0.4 is 19.7 Å². The zero-order valence-electron chi connectivity index (χ0n) is 20.0. The number of benzene rings is 2. The predicted octanol–water partition coefficient (Wildman–Crippen LogP) is 3.17. The highest BCUT2D eigenvalue weighted by molar-refractivity contribution is 7.89. The van der Waals surface area contributed by atoms with E-state index in [2.05, 4.69) is 26.8 Å². The monoisotopic (exact) mass is 474 g/mol. The van der Waals surface area contributed by atoms with Gasteiger partial charge in [0.25, 0.3) is 5.91 Å². The van der Waals surface area contributed by atoms with Gasteiger partial charge in [0.1, 0.15) is 10.6 Å². The van der Waals surface area contributed by atoms with Crippen LogP contribution in [-0.4, -0.2) is 64.6 Å². The number of nitrogens with one attached hydrogen (secondary N) is 2. The van der Waals surface area contributed by atoms with Crippen molar-refractivity contribution in [3.8, 4) is 5.75 Å². The van der Waals surface area contributed by atoms with Gasteiger partial charge in [-0.15, -0.1) is 0 Å². The molecule has 0 atom stereocenters. The molecule has 8 nitrogen and oxygen atoms in total. The normalized spacial score (nSPS) is 15.4. The van der Waals surface area contributed by atoms with E-state index in [9.17, 15) is 13.2 Å². The molecule has 0 bridgehead atoms. The molecule has 1 aliphatic rings. The van der Waals surface area contributed by atoms with E-state index in [1.807, 2.05) is 24.3 Å². The third-order valence-corrected chi connectivity index (χ3v) is 7.25. The SMILES string of the molecule is CCN1CCN(c2ccccc2NC(=O)c2ccc(OC)c(S(=O)(=O)NC(C)(C)C)c2)CC1. The lowest BCUT2D eigenvalue weighted by molar-refractivity contribution is 0.102. The maximum absolute atomic E-state index is 13.1. The number of amides is 1. The fourth-order valence-corrected chi connectivity index (χ4v) is 5.46. The fourth-order valence-electron chi connectivity index (χ4n) is 3.84. The van der Waals surface area contributed by atoms with Crippen LogP contribution in [-0.2, 0) is 10.0 Å². The largest absolute Gasteiger partial charge is 0.495 e. The summed E-state index contributed by atoms with van der Waals surface area (Å²) in [5.41, 5.74) is 1.21. The number of carbonyl (C=O) groups excluding carboxylic acids is 1. The quantitative estimate of drug-likeness (QED) is 0.641. The van der Waals surface area contributed by atoms with E-state index in [0.717, 1.165) is 38.4 Å². The van der Waals surface area contributed by atoms with Gasteiger partial charge < -0.3 is 19.9 Å². The summed E-state index contributed by atoms with van der Waals surface area (Å²) < 4.78 is 33.7. The number of sulfonamides is 1. The number of ether oxygens (including phenoxy) is 1. The Balaban J connectivity index is 1.86. The van der Waals surface area contributed by atoms with Crippen LogP contribution in [0, 0.1) is 0 Å². The highest BCUT2D eigenvalue weighted by atomic mass is 32.2. The smallest absolute Gasteiger partial charge is 0.255 e. The van der Waals surface area contributed by atoms with Crippen molar-refractivity contribution in [2.45, 2.75) is 38.1 Å². The number of rotatable bonds is 7. The minimum Gasteiger partial charge on any atom is -0.495 e. The average molecular weight is 475 g/mol. The molecule has 180 valence electrons. The average Bonchev–Trinajstić information content (AvgIpc) is 2.77. The summed E-state index contributed by atoms with van der Waals surface area (Å²) in [6.07, 6.45) is 0. The molecule has 2 aromatic rings.